The minimum absolute atomic E-state index is 0.502. The van der Waals surface area contributed by atoms with E-state index in [-0.39, 0.29) is 0 Å². The molecule has 0 bridgehead atoms. The van der Waals surface area contributed by atoms with Crippen LogP contribution >= 0.6 is 11.3 Å². The van der Waals surface area contributed by atoms with E-state index in [0.717, 1.165) is 18.7 Å². The predicted octanol–water partition coefficient (Wildman–Crippen LogP) is 4.09. The summed E-state index contributed by atoms with van der Waals surface area (Å²) in [5.74, 6) is 0.624. The molecule has 0 spiro atoms. The predicted molar refractivity (Wildman–Crippen MR) is 90.1 cm³/mol. The minimum Gasteiger partial charge on any atom is -0.313 e. The number of aromatic nitrogens is 1. The van der Waals surface area contributed by atoms with Gasteiger partial charge in [0.15, 0.2) is 0 Å². The van der Waals surface area contributed by atoms with E-state index in [1.54, 1.807) is 22.5 Å². The van der Waals surface area contributed by atoms with Gasteiger partial charge in [0, 0.05) is 23.5 Å². The average Bonchev–Trinajstić information content (AvgIpc) is 2.91. The smallest absolute Gasteiger partial charge is 0.0943 e. The van der Waals surface area contributed by atoms with Crippen LogP contribution in [0.4, 0.5) is 0 Å². The van der Waals surface area contributed by atoms with E-state index in [4.69, 9.17) is 0 Å². The van der Waals surface area contributed by atoms with E-state index < -0.39 is 0 Å². The Bertz CT molecular complexity index is 590. The van der Waals surface area contributed by atoms with Crippen LogP contribution in [0, 0.1) is 6.92 Å². The molecule has 2 unspecified atom stereocenters. The Kier molecular flexibility index (Phi) is 4.71. The Labute approximate surface area is 131 Å². The second-order valence-corrected chi connectivity index (χ2v) is 6.89. The van der Waals surface area contributed by atoms with Gasteiger partial charge in [0.25, 0.3) is 0 Å². The summed E-state index contributed by atoms with van der Waals surface area (Å²) in [5.41, 5.74) is 4.25. The van der Waals surface area contributed by atoms with Gasteiger partial charge >= 0.3 is 0 Å². The molecule has 2 aromatic rings. The molecule has 2 atom stereocenters. The summed E-state index contributed by atoms with van der Waals surface area (Å²) in [6, 6.07) is 9.50. The van der Waals surface area contributed by atoms with Crippen LogP contribution in [-0.4, -0.2) is 17.6 Å². The molecule has 3 rings (SSSR count). The highest BCUT2D eigenvalue weighted by atomic mass is 32.1. The van der Waals surface area contributed by atoms with Crippen LogP contribution in [0.5, 0.6) is 0 Å². The van der Waals surface area contributed by atoms with Gasteiger partial charge in [-0.2, -0.15) is 0 Å². The molecule has 0 radical (unpaired) electrons. The summed E-state index contributed by atoms with van der Waals surface area (Å²) in [6.07, 6.45) is 4.88. The molecule has 0 saturated heterocycles. The zero-order valence-electron chi connectivity index (χ0n) is 12.9. The lowest BCUT2D eigenvalue weighted by Crippen LogP contribution is -2.38. The van der Waals surface area contributed by atoms with Crippen molar-refractivity contribution in [3.05, 3.63) is 51.5 Å². The fraction of sp³-hybridized carbons (Fsp3) is 0.500. The van der Waals surface area contributed by atoms with Gasteiger partial charge in [-0.1, -0.05) is 31.2 Å². The maximum atomic E-state index is 4.66. The maximum absolute atomic E-state index is 4.66. The molecular formula is C18H24N2S. The first-order valence-electron chi connectivity index (χ1n) is 8.00. The summed E-state index contributed by atoms with van der Waals surface area (Å²) in [6.45, 7) is 5.31. The molecule has 0 saturated carbocycles. The number of hydrogen-bond donors (Lipinski definition) is 1. The van der Waals surface area contributed by atoms with Crippen molar-refractivity contribution in [3.63, 3.8) is 0 Å². The van der Waals surface area contributed by atoms with Crippen molar-refractivity contribution < 1.29 is 0 Å². The average molecular weight is 300 g/mol. The number of aryl methyl sites for hydroxylation is 2. The standard InChI is InChI=1S/C18H24N2S/c1-3-19-17(11-18-20-13(2)12-21-18)16-10-6-8-14-7-4-5-9-15(14)16/h4-5,7,9,12,16-17,19H,3,6,8,10-11H2,1-2H3. The van der Waals surface area contributed by atoms with Crippen LogP contribution in [0.2, 0.25) is 0 Å². The van der Waals surface area contributed by atoms with Gasteiger partial charge in [-0.15, -0.1) is 11.3 Å². The molecule has 1 N–H and O–H groups in total. The summed E-state index contributed by atoms with van der Waals surface area (Å²) in [5, 5.41) is 7.14. The zero-order valence-corrected chi connectivity index (χ0v) is 13.7. The number of likely N-dealkylation sites (N-methyl/N-ethyl adjacent to an activating group) is 1. The Morgan fingerprint density at radius 2 is 2.24 bits per heavy atom. The Morgan fingerprint density at radius 3 is 3.00 bits per heavy atom. The van der Waals surface area contributed by atoms with Crippen molar-refractivity contribution in [2.24, 2.45) is 0 Å². The van der Waals surface area contributed by atoms with Gasteiger partial charge in [0.05, 0.1) is 5.01 Å². The number of thiazole rings is 1. The van der Waals surface area contributed by atoms with E-state index in [2.05, 4.69) is 53.8 Å². The van der Waals surface area contributed by atoms with E-state index >= 15 is 0 Å². The Balaban J connectivity index is 1.84. The third-order valence-electron chi connectivity index (χ3n) is 4.43. The van der Waals surface area contributed by atoms with Crippen molar-refractivity contribution in [2.45, 2.75) is 51.5 Å². The highest BCUT2D eigenvalue weighted by Gasteiger charge is 2.27. The number of fused-ring (bicyclic) bond motifs is 1. The molecule has 21 heavy (non-hydrogen) atoms. The SMILES string of the molecule is CCNC(Cc1nc(C)cs1)C1CCCc2ccccc21. The van der Waals surface area contributed by atoms with Gasteiger partial charge < -0.3 is 5.32 Å². The van der Waals surface area contributed by atoms with Crippen LogP contribution in [0.3, 0.4) is 0 Å². The quantitative estimate of drug-likeness (QED) is 0.899. The minimum atomic E-state index is 0.502. The van der Waals surface area contributed by atoms with Gasteiger partial charge in [0.2, 0.25) is 0 Å². The van der Waals surface area contributed by atoms with Crippen LogP contribution < -0.4 is 5.32 Å². The third-order valence-corrected chi connectivity index (χ3v) is 5.42. The number of nitrogens with one attached hydrogen (secondary N) is 1. The van der Waals surface area contributed by atoms with Crippen molar-refractivity contribution in [1.82, 2.24) is 10.3 Å². The van der Waals surface area contributed by atoms with Gasteiger partial charge in [0.1, 0.15) is 0 Å². The van der Waals surface area contributed by atoms with Crippen molar-refractivity contribution in [1.29, 1.82) is 0 Å². The van der Waals surface area contributed by atoms with Crippen molar-refractivity contribution in [3.8, 4) is 0 Å². The van der Waals surface area contributed by atoms with E-state index in [1.165, 1.54) is 24.3 Å². The van der Waals surface area contributed by atoms with Gasteiger partial charge in [-0.25, -0.2) is 4.98 Å². The highest BCUT2D eigenvalue weighted by Crippen LogP contribution is 2.35. The molecule has 1 aromatic carbocycles. The molecule has 0 aliphatic heterocycles. The monoisotopic (exact) mass is 300 g/mol. The lowest BCUT2D eigenvalue weighted by molar-refractivity contribution is 0.395. The van der Waals surface area contributed by atoms with Crippen molar-refractivity contribution in [2.75, 3.05) is 6.54 Å². The largest absolute Gasteiger partial charge is 0.313 e. The van der Waals surface area contributed by atoms with Crippen LogP contribution in [0.1, 0.15) is 47.5 Å². The lowest BCUT2D eigenvalue weighted by Gasteiger charge is -2.32. The summed E-state index contributed by atoms with van der Waals surface area (Å²) in [4.78, 5) is 4.66. The van der Waals surface area contributed by atoms with Gasteiger partial charge in [-0.3, -0.25) is 0 Å². The van der Waals surface area contributed by atoms with E-state index in [1.807, 2.05) is 0 Å². The van der Waals surface area contributed by atoms with E-state index in [0.29, 0.717) is 12.0 Å². The van der Waals surface area contributed by atoms with Crippen LogP contribution in [0.25, 0.3) is 0 Å². The summed E-state index contributed by atoms with van der Waals surface area (Å²) < 4.78 is 0. The topological polar surface area (TPSA) is 24.9 Å². The number of nitrogens with zero attached hydrogens (tertiary/aromatic N) is 1. The maximum Gasteiger partial charge on any atom is 0.0943 e. The van der Waals surface area contributed by atoms with Gasteiger partial charge in [-0.05, 0) is 49.8 Å². The molecule has 3 heteroatoms. The zero-order chi connectivity index (χ0) is 14.7. The van der Waals surface area contributed by atoms with E-state index in [9.17, 15) is 0 Å². The third kappa shape index (κ3) is 3.35. The lowest BCUT2D eigenvalue weighted by atomic mass is 9.78. The Morgan fingerprint density at radius 1 is 1.38 bits per heavy atom. The molecule has 2 nitrogen and oxygen atoms in total. The molecule has 1 heterocycles. The number of benzene rings is 1. The number of hydrogen-bond acceptors (Lipinski definition) is 3. The first-order valence-corrected chi connectivity index (χ1v) is 8.88. The second kappa shape index (κ2) is 6.71. The van der Waals surface area contributed by atoms with Crippen LogP contribution in [0.15, 0.2) is 29.6 Å². The fourth-order valence-corrected chi connectivity index (χ4v) is 4.34. The summed E-state index contributed by atoms with van der Waals surface area (Å²) in [7, 11) is 0. The Hall–Kier alpha value is -1.19. The molecule has 1 aliphatic carbocycles. The molecular weight excluding hydrogens is 276 g/mol. The van der Waals surface area contributed by atoms with Crippen molar-refractivity contribution >= 4 is 11.3 Å². The normalized spacial score (nSPS) is 19.2. The first-order chi connectivity index (χ1) is 10.3. The summed E-state index contributed by atoms with van der Waals surface area (Å²) >= 11 is 1.80. The fourth-order valence-electron chi connectivity index (χ4n) is 3.51. The highest BCUT2D eigenvalue weighted by molar-refractivity contribution is 7.09. The molecule has 1 aromatic heterocycles. The molecule has 0 amide bonds. The molecule has 112 valence electrons. The van der Waals surface area contributed by atoms with Crippen LogP contribution in [-0.2, 0) is 12.8 Å². The molecule has 1 aliphatic rings. The second-order valence-electron chi connectivity index (χ2n) is 5.95. The first kappa shape index (κ1) is 14.7. The number of rotatable bonds is 5. The molecule has 0 fully saturated rings.